The average molecular weight is 224 g/mol. The van der Waals surface area contributed by atoms with Crippen LogP contribution in [0.1, 0.15) is 47.5 Å². The number of carbonyl (C=O) groups is 2. The van der Waals surface area contributed by atoms with Crippen LogP contribution in [0.3, 0.4) is 0 Å². The zero-order valence-corrected chi connectivity index (χ0v) is 10.7. The molecular formula is C13H20O3. The number of rotatable bonds is 1. The lowest BCUT2D eigenvalue weighted by atomic mass is 9.69. The van der Waals surface area contributed by atoms with Gasteiger partial charge in [-0.05, 0) is 23.7 Å². The molecule has 2 aliphatic rings. The van der Waals surface area contributed by atoms with Gasteiger partial charge >= 0.3 is 11.9 Å². The average Bonchev–Trinajstić information content (AvgIpc) is 2.62. The predicted molar refractivity (Wildman–Crippen MR) is 59.5 cm³/mol. The molecule has 2 fully saturated rings. The molecular weight excluding hydrogens is 204 g/mol. The zero-order valence-electron chi connectivity index (χ0n) is 10.7. The maximum absolute atomic E-state index is 12.0. The number of esters is 2. The second-order valence-electron chi connectivity index (χ2n) is 6.57. The summed E-state index contributed by atoms with van der Waals surface area (Å²) in [6.45, 7) is 10.2. The maximum Gasteiger partial charge on any atom is 0.321 e. The molecule has 3 unspecified atom stereocenters. The van der Waals surface area contributed by atoms with Crippen LogP contribution in [0.2, 0.25) is 0 Å². The van der Waals surface area contributed by atoms with Gasteiger partial charge in [0.05, 0.1) is 11.3 Å². The molecule has 2 rings (SSSR count). The second kappa shape index (κ2) is 2.88. The Balaban J connectivity index is 2.45. The highest BCUT2D eigenvalue weighted by Gasteiger charge is 2.79. The van der Waals surface area contributed by atoms with Crippen LogP contribution in [0.5, 0.6) is 0 Å². The summed E-state index contributed by atoms with van der Waals surface area (Å²) in [6, 6.07) is 0. The van der Waals surface area contributed by atoms with Crippen LogP contribution in [-0.2, 0) is 14.3 Å². The molecule has 3 heteroatoms. The first-order valence-electron chi connectivity index (χ1n) is 5.95. The Morgan fingerprint density at radius 2 is 1.94 bits per heavy atom. The van der Waals surface area contributed by atoms with E-state index in [1.54, 1.807) is 0 Å². The molecule has 0 radical (unpaired) electrons. The SMILES string of the molecule is CCC1(C)CC12C(=O)OC(=O)C2C(C)(C)C. The summed E-state index contributed by atoms with van der Waals surface area (Å²) < 4.78 is 4.90. The zero-order chi connectivity index (χ0) is 12.4. The molecule has 0 aromatic heterocycles. The Labute approximate surface area is 96.5 Å². The molecule has 1 aliphatic heterocycles. The van der Waals surface area contributed by atoms with Gasteiger partial charge in [0.15, 0.2) is 0 Å². The lowest BCUT2D eigenvalue weighted by Crippen LogP contribution is -2.35. The number of hydrogen-bond donors (Lipinski definition) is 0. The summed E-state index contributed by atoms with van der Waals surface area (Å²) in [5, 5.41) is 0. The van der Waals surface area contributed by atoms with E-state index in [4.69, 9.17) is 4.74 Å². The van der Waals surface area contributed by atoms with Gasteiger partial charge < -0.3 is 4.74 Å². The first kappa shape index (κ1) is 11.6. The van der Waals surface area contributed by atoms with Crippen molar-refractivity contribution in [3.05, 3.63) is 0 Å². The Morgan fingerprint density at radius 3 is 2.31 bits per heavy atom. The highest BCUT2D eigenvalue weighted by molar-refractivity contribution is 6.02. The van der Waals surface area contributed by atoms with Crippen LogP contribution in [0.4, 0.5) is 0 Å². The van der Waals surface area contributed by atoms with Gasteiger partial charge in [0.2, 0.25) is 0 Å². The fourth-order valence-corrected chi connectivity index (χ4v) is 3.43. The Kier molecular flexibility index (Phi) is 2.09. The molecule has 1 saturated heterocycles. The van der Waals surface area contributed by atoms with Crippen LogP contribution in [0, 0.1) is 22.2 Å². The fourth-order valence-electron chi connectivity index (χ4n) is 3.43. The summed E-state index contributed by atoms with van der Waals surface area (Å²) >= 11 is 0. The number of cyclic esters (lactones) is 2. The van der Waals surface area contributed by atoms with Crippen molar-refractivity contribution in [2.45, 2.75) is 47.5 Å². The fraction of sp³-hybridized carbons (Fsp3) is 0.846. The Hall–Kier alpha value is -0.860. The van der Waals surface area contributed by atoms with E-state index in [2.05, 4.69) is 13.8 Å². The van der Waals surface area contributed by atoms with Gasteiger partial charge in [0.25, 0.3) is 0 Å². The third kappa shape index (κ3) is 1.14. The molecule has 3 atom stereocenters. The standard InChI is InChI=1S/C13H20O3/c1-6-12(5)7-13(12)8(11(2,3)4)9(14)16-10(13)15/h8H,6-7H2,1-5H3. The van der Waals surface area contributed by atoms with Crippen LogP contribution in [0.25, 0.3) is 0 Å². The van der Waals surface area contributed by atoms with Gasteiger partial charge in [0.1, 0.15) is 0 Å². The highest BCUT2D eigenvalue weighted by atomic mass is 16.6. The van der Waals surface area contributed by atoms with Crippen molar-refractivity contribution in [1.29, 1.82) is 0 Å². The van der Waals surface area contributed by atoms with Crippen molar-refractivity contribution in [3.8, 4) is 0 Å². The van der Waals surface area contributed by atoms with Crippen LogP contribution >= 0.6 is 0 Å². The molecule has 3 nitrogen and oxygen atoms in total. The van der Waals surface area contributed by atoms with E-state index in [0.29, 0.717) is 0 Å². The van der Waals surface area contributed by atoms with E-state index in [9.17, 15) is 9.59 Å². The van der Waals surface area contributed by atoms with Gasteiger partial charge in [-0.15, -0.1) is 0 Å². The minimum atomic E-state index is -0.531. The van der Waals surface area contributed by atoms with Gasteiger partial charge in [-0.1, -0.05) is 34.6 Å². The summed E-state index contributed by atoms with van der Waals surface area (Å²) in [5.74, 6) is -0.895. The molecule has 1 spiro atoms. The molecule has 16 heavy (non-hydrogen) atoms. The molecule has 1 saturated carbocycles. The van der Waals surface area contributed by atoms with Gasteiger partial charge in [-0.3, -0.25) is 9.59 Å². The number of carbonyl (C=O) groups excluding carboxylic acids is 2. The van der Waals surface area contributed by atoms with Crippen LogP contribution in [0.15, 0.2) is 0 Å². The summed E-state index contributed by atoms with van der Waals surface area (Å²) in [5.41, 5.74) is -0.790. The number of ether oxygens (including phenoxy) is 1. The second-order valence-corrected chi connectivity index (χ2v) is 6.57. The maximum atomic E-state index is 12.0. The largest absolute Gasteiger partial charge is 0.392 e. The van der Waals surface area contributed by atoms with Gasteiger partial charge in [-0.2, -0.15) is 0 Å². The highest BCUT2D eigenvalue weighted by Crippen LogP contribution is 2.74. The Morgan fingerprint density at radius 1 is 1.38 bits per heavy atom. The van der Waals surface area contributed by atoms with E-state index in [0.717, 1.165) is 12.8 Å². The van der Waals surface area contributed by atoms with E-state index in [1.165, 1.54) is 0 Å². The number of hydrogen-bond acceptors (Lipinski definition) is 3. The van der Waals surface area contributed by atoms with E-state index >= 15 is 0 Å². The van der Waals surface area contributed by atoms with Gasteiger partial charge in [0, 0.05) is 0 Å². The van der Waals surface area contributed by atoms with E-state index in [1.807, 2.05) is 20.8 Å². The Bertz CT molecular complexity index is 366. The minimum absolute atomic E-state index is 0.0474. The van der Waals surface area contributed by atoms with Crippen molar-refractivity contribution in [1.82, 2.24) is 0 Å². The molecule has 0 aromatic rings. The monoisotopic (exact) mass is 224 g/mol. The summed E-state index contributed by atoms with van der Waals surface area (Å²) in [4.78, 5) is 23.8. The molecule has 0 bridgehead atoms. The minimum Gasteiger partial charge on any atom is -0.392 e. The topological polar surface area (TPSA) is 43.4 Å². The van der Waals surface area contributed by atoms with Crippen LogP contribution in [-0.4, -0.2) is 11.9 Å². The van der Waals surface area contributed by atoms with E-state index < -0.39 is 5.41 Å². The smallest absolute Gasteiger partial charge is 0.321 e. The molecule has 0 aromatic carbocycles. The van der Waals surface area contributed by atoms with Crippen molar-refractivity contribution in [3.63, 3.8) is 0 Å². The van der Waals surface area contributed by atoms with Crippen LogP contribution < -0.4 is 0 Å². The van der Waals surface area contributed by atoms with Crippen molar-refractivity contribution < 1.29 is 14.3 Å². The van der Waals surface area contributed by atoms with Crippen molar-refractivity contribution >= 4 is 11.9 Å². The van der Waals surface area contributed by atoms with Crippen molar-refractivity contribution in [2.24, 2.45) is 22.2 Å². The summed E-state index contributed by atoms with van der Waals surface area (Å²) in [7, 11) is 0. The van der Waals surface area contributed by atoms with Crippen molar-refractivity contribution in [2.75, 3.05) is 0 Å². The molecule has 0 N–H and O–H groups in total. The normalized spacial score (nSPS) is 42.7. The van der Waals surface area contributed by atoms with E-state index in [-0.39, 0.29) is 28.7 Å². The molecule has 1 heterocycles. The lowest BCUT2D eigenvalue weighted by Gasteiger charge is -2.29. The van der Waals surface area contributed by atoms with Gasteiger partial charge in [-0.25, -0.2) is 0 Å². The molecule has 0 amide bonds. The lowest BCUT2D eigenvalue weighted by molar-refractivity contribution is -0.154. The third-order valence-electron chi connectivity index (χ3n) is 4.55. The quantitative estimate of drug-likeness (QED) is 0.508. The first-order valence-corrected chi connectivity index (χ1v) is 5.95. The predicted octanol–water partition coefficient (Wildman–Crippen LogP) is 2.54. The summed E-state index contributed by atoms with van der Waals surface area (Å²) in [6.07, 6.45) is 1.71. The molecule has 90 valence electrons. The molecule has 1 aliphatic carbocycles. The third-order valence-corrected chi connectivity index (χ3v) is 4.55. The first-order chi connectivity index (χ1) is 7.19.